The van der Waals surface area contributed by atoms with Crippen LogP contribution in [0, 0.1) is 0 Å². The third-order valence-electron chi connectivity index (χ3n) is 2.24. The summed E-state index contributed by atoms with van der Waals surface area (Å²) < 4.78 is 1.77. The lowest BCUT2D eigenvalue weighted by atomic mass is 10.2. The average molecular weight is 223 g/mol. The Morgan fingerprint density at radius 2 is 2.44 bits per heavy atom. The van der Waals surface area contributed by atoms with Crippen molar-refractivity contribution in [3.8, 4) is 0 Å². The van der Waals surface area contributed by atoms with Gasteiger partial charge in [0.15, 0.2) is 0 Å². The number of nitrogens with zero attached hydrogens (tertiary/aromatic N) is 2. The van der Waals surface area contributed by atoms with Crippen molar-refractivity contribution in [2.45, 2.75) is 13.3 Å². The largest absolute Gasteiger partial charge is 0.478 e. The fourth-order valence-corrected chi connectivity index (χ4v) is 1.25. The molecule has 0 fully saturated rings. The van der Waals surface area contributed by atoms with E-state index in [-0.39, 0.29) is 0 Å². The SMILES string of the molecule is CC(=CCNCCc1cnn(C)c1)C(=O)O. The molecule has 0 radical (unpaired) electrons. The number of nitrogens with one attached hydrogen (secondary N) is 1. The highest BCUT2D eigenvalue weighted by Crippen LogP contribution is 1.96. The van der Waals surface area contributed by atoms with Crippen LogP contribution in [0.15, 0.2) is 24.0 Å². The first-order valence-corrected chi connectivity index (χ1v) is 5.18. The topological polar surface area (TPSA) is 67.2 Å². The van der Waals surface area contributed by atoms with E-state index in [9.17, 15) is 4.79 Å². The van der Waals surface area contributed by atoms with Gasteiger partial charge in [-0.05, 0) is 25.5 Å². The molecule has 0 spiro atoms. The fourth-order valence-electron chi connectivity index (χ4n) is 1.25. The van der Waals surface area contributed by atoms with Gasteiger partial charge in [-0.1, -0.05) is 6.08 Å². The second-order valence-corrected chi connectivity index (χ2v) is 3.67. The van der Waals surface area contributed by atoms with E-state index in [4.69, 9.17) is 5.11 Å². The fraction of sp³-hybridized carbons (Fsp3) is 0.455. The standard InChI is InChI=1S/C11H17N3O2/c1-9(11(15)16)3-5-12-6-4-10-7-13-14(2)8-10/h3,7-8,12H,4-6H2,1-2H3,(H,15,16). The summed E-state index contributed by atoms with van der Waals surface area (Å²) in [5, 5.41) is 15.8. The molecule has 0 aromatic carbocycles. The molecular formula is C11H17N3O2. The van der Waals surface area contributed by atoms with Crippen LogP contribution in [0.2, 0.25) is 0 Å². The first kappa shape index (κ1) is 12.4. The van der Waals surface area contributed by atoms with Gasteiger partial charge in [0, 0.05) is 25.4 Å². The highest BCUT2D eigenvalue weighted by Gasteiger charge is 1.98. The number of aromatic nitrogens is 2. The van der Waals surface area contributed by atoms with E-state index in [2.05, 4.69) is 10.4 Å². The smallest absolute Gasteiger partial charge is 0.330 e. The van der Waals surface area contributed by atoms with Crippen molar-refractivity contribution < 1.29 is 9.90 Å². The Hall–Kier alpha value is -1.62. The van der Waals surface area contributed by atoms with Gasteiger partial charge in [-0.15, -0.1) is 0 Å². The van der Waals surface area contributed by atoms with Crippen LogP contribution in [0.1, 0.15) is 12.5 Å². The molecule has 1 heterocycles. The van der Waals surface area contributed by atoms with Gasteiger partial charge < -0.3 is 10.4 Å². The summed E-state index contributed by atoms with van der Waals surface area (Å²) in [5.41, 5.74) is 1.54. The maximum Gasteiger partial charge on any atom is 0.330 e. The summed E-state index contributed by atoms with van der Waals surface area (Å²) in [4.78, 5) is 10.5. The molecule has 1 aromatic heterocycles. The zero-order valence-corrected chi connectivity index (χ0v) is 9.60. The Kier molecular flexibility index (Phi) is 4.72. The molecule has 16 heavy (non-hydrogen) atoms. The van der Waals surface area contributed by atoms with Gasteiger partial charge in [0.2, 0.25) is 0 Å². The highest BCUT2D eigenvalue weighted by atomic mass is 16.4. The quantitative estimate of drug-likeness (QED) is 0.547. The van der Waals surface area contributed by atoms with Crippen molar-refractivity contribution in [3.63, 3.8) is 0 Å². The molecule has 88 valence electrons. The molecule has 5 heteroatoms. The summed E-state index contributed by atoms with van der Waals surface area (Å²) in [7, 11) is 1.88. The Labute approximate surface area is 94.8 Å². The van der Waals surface area contributed by atoms with E-state index in [1.54, 1.807) is 17.7 Å². The molecular weight excluding hydrogens is 206 g/mol. The molecule has 5 nitrogen and oxygen atoms in total. The molecule has 0 saturated heterocycles. The predicted molar refractivity (Wildman–Crippen MR) is 61.2 cm³/mol. The summed E-state index contributed by atoms with van der Waals surface area (Å²) in [5.74, 6) is -0.867. The molecule has 0 atom stereocenters. The zero-order valence-electron chi connectivity index (χ0n) is 9.60. The molecule has 0 bridgehead atoms. The molecule has 0 aliphatic carbocycles. The van der Waals surface area contributed by atoms with E-state index in [1.165, 1.54) is 5.56 Å². The zero-order chi connectivity index (χ0) is 12.0. The molecule has 1 rings (SSSR count). The Morgan fingerprint density at radius 1 is 1.69 bits per heavy atom. The summed E-state index contributed by atoms with van der Waals surface area (Å²) in [6.45, 7) is 2.98. The summed E-state index contributed by atoms with van der Waals surface area (Å²) in [6, 6.07) is 0. The number of aryl methyl sites for hydroxylation is 1. The van der Waals surface area contributed by atoms with Crippen LogP contribution >= 0.6 is 0 Å². The number of carboxylic acids is 1. The second-order valence-electron chi connectivity index (χ2n) is 3.67. The molecule has 2 N–H and O–H groups in total. The van der Waals surface area contributed by atoms with Crippen LogP contribution in [-0.2, 0) is 18.3 Å². The van der Waals surface area contributed by atoms with Crippen LogP contribution in [0.3, 0.4) is 0 Å². The highest BCUT2D eigenvalue weighted by molar-refractivity contribution is 5.85. The van der Waals surface area contributed by atoms with Crippen molar-refractivity contribution in [2.75, 3.05) is 13.1 Å². The first-order valence-electron chi connectivity index (χ1n) is 5.18. The van der Waals surface area contributed by atoms with Crippen molar-refractivity contribution in [1.82, 2.24) is 15.1 Å². The molecule has 1 aromatic rings. The van der Waals surface area contributed by atoms with Crippen molar-refractivity contribution in [1.29, 1.82) is 0 Å². The van der Waals surface area contributed by atoms with Gasteiger partial charge in [0.1, 0.15) is 0 Å². The molecule has 0 aliphatic rings. The summed E-state index contributed by atoms with van der Waals surface area (Å²) in [6.07, 6.45) is 6.37. The number of hydrogen-bond acceptors (Lipinski definition) is 3. The van der Waals surface area contributed by atoms with Crippen molar-refractivity contribution in [2.24, 2.45) is 7.05 Å². The van der Waals surface area contributed by atoms with Gasteiger partial charge in [-0.3, -0.25) is 4.68 Å². The van der Waals surface area contributed by atoms with Gasteiger partial charge in [-0.25, -0.2) is 4.79 Å². The van der Waals surface area contributed by atoms with Gasteiger partial charge in [0.25, 0.3) is 0 Å². The van der Waals surface area contributed by atoms with Crippen LogP contribution in [0.5, 0.6) is 0 Å². The van der Waals surface area contributed by atoms with Gasteiger partial charge >= 0.3 is 5.97 Å². The summed E-state index contributed by atoms with van der Waals surface area (Å²) >= 11 is 0. The van der Waals surface area contributed by atoms with E-state index in [1.807, 2.05) is 19.4 Å². The van der Waals surface area contributed by atoms with Crippen molar-refractivity contribution in [3.05, 3.63) is 29.6 Å². The number of carboxylic acid groups (broad SMARTS) is 1. The van der Waals surface area contributed by atoms with E-state index in [0.717, 1.165) is 13.0 Å². The third kappa shape index (κ3) is 4.27. The number of carbonyl (C=O) groups is 1. The average Bonchev–Trinajstić information content (AvgIpc) is 2.63. The minimum atomic E-state index is -0.867. The minimum Gasteiger partial charge on any atom is -0.478 e. The molecule has 0 unspecified atom stereocenters. The van der Waals surface area contributed by atoms with Crippen molar-refractivity contribution >= 4 is 5.97 Å². The number of rotatable bonds is 6. The maximum atomic E-state index is 10.5. The lowest BCUT2D eigenvalue weighted by molar-refractivity contribution is -0.132. The van der Waals surface area contributed by atoms with Crippen LogP contribution in [0.25, 0.3) is 0 Å². The lowest BCUT2D eigenvalue weighted by Gasteiger charge is -2.00. The van der Waals surface area contributed by atoms with Gasteiger partial charge in [-0.2, -0.15) is 5.10 Å². The van der Waals surface area contributed by atoms with E-state index < -0.39 is 5.97 Å². The third-order valence-corrected chi connectivity index (χ3v) is 2.24. The normalized spacial score (nSPS) is 11.8. The minimum absolute atomic E-state index is 0.369. The second kappa shape index (κ2) is 6.07. The Balaban J connectivity index is 2.17. The molecule has 0 amide bonds. The maximum absolute atomic E-state index is 10.5. The Bertz CT molecular complexity index is 382. The van der Waals surface area contributed by atoms with Crippen LogP contribution < -0.4 is 5.32 Å². The number of aliphatic carboxylic acids is 1. The lowest BCUT2D eigenvalue weighted by Crippen LogP contribution is -2.17. The number of hydrogen-bond donors (Lipinski definition) is 2. The monoisotopic (exact) mass is 223 g/mol. The first-order chi connectivity index (χ1) is 7.59. The van der Waals surface area contributed by atoms with Crippen LogP contribution in [-0.4, -0.2) is 33.9 Å². The predicted octanol–water partition coefficient (Wildman–Crippen LogP) is 0.583. The Morgan fingerprint density at radius 3 is 3.00 bits per heavy atom. The van der Waals surface area contributed by atoms with Gasteiger partial charge in [0.05, 0.1) is 6.20 Å². The molecule has 0 aliphatic heterocycles. The van der Waals surface area contributed by atoms with E-state index in [0.29, 0.717) is 12.1 Å². The van der Waals surface area contributed by atoms with Crippen LogP contribution in [0.4, 0.5) is 0 Å². The molecule has 0 saturated carbocycles. The van der Waals surface area contributed by atoms with E-state index >= 15 is 0 Å².